The molecule has 146 valence electrons. The highest BCUT2D eigenvalue weighted by molar-refractivity contribution is 7.92. The number of anilines is 1. The Kier molecular flexibility index (Phi) is 5.26. The molecule has 1 aromatic carbocycles. The van der Waals surface area contributed by atoms with E-state index < -0.39 is 10.0 Å². The molecule has 28 heavy (non-hydrogen) atoms. The van der Waals surface area contributed by atoms with E-state index in [1.165, 1.54) is 33.9 Å². The summed E-state index contributed by atoms with van der Waals surface area (Å²) in [6.07, 6.45) is 8.48. The Morgan fingerprint density at radius 2 is 1.96 bits per heavy atom. The number of nitrogens with zero attached hydrogens (tertiary/aromatic N) is 3. The first-order valence-corrected chi connectivity index (χ1v) is 12.4. The third-order valence-corrected chi connectivity index (χ3v) is 7.53. The van der Waals surface area contributed by atoms with E-state index in [1.807, 2.05) is 23.6 Å². The number of benzene rings is 1. The minimum absolute atomic E-state index is 0.533. The van der Waals surface area contributed by atoms with Crippen LogP contribution in [0.2, 0.25) is 0 Å². The maximum absolute atomic E-state index is 12.0. The number of rotatable bonds is 3. The minimum Gasteiger partial charge on any atom is -0.270 e. The number of allylic oxidation sites excluding steroid dienone is 2. The zero-order valence-electron chi connectivity index (χ0n) is 15.9. The molecule has 1 aliphatic carbocycles. The predicted molar refractivity (Wildman–Crippen MR) is 114 cm³/mol. The Balaban J connectivity index is 1.67. The van der Waals surface area contributed by atoms with Gasteiger partial charge in [-0.3, -0.25) is 4.31 Å². The fourth-order valence-corrected chi connectivity index (χ4v) is 5.96. The molecule has 7 heteroatoms. The van der Waals surface area contributed by atoms with E-state index in [0.29, 0.717) is 6.54 Å². The molecule has 0 bridgehead atoms. The summed E-state index contributed by atoms with van der Waals surface area (Å²) in [6.45, 7) is 0.533. The first kappa shape index (κ1) is 19.2. The van der Waals surface area contributed by atoms with Crippen LogP contribution in [0.5, 0.6) is 0 Å². The highest BCUT2D eigenvalue weighted by Crippen LogP contribution is 2.36. The minimum atomic E-state index is -3.26. The largest absolute Gasteiger partial charge is 0.270 e. The molecule has 1 saturated carbocycles. The Labute approximate surface area is 170 Å². The Morgan fingerprint density at radius 1 is 1.18 bits per heavy atom. The normalized spacial score (nSPS) is 17.1. The molecule has 0 amide bonds. The van der Waals surface area contributed by atoms with Crippen molar-refractivity contribution in [1.82, 2.24) is 4.98 Å². The van der Waals surface area contributed by atoms with Crippen LogP contribution in [-0.2, 0) is 16.4 Å². The molecule has 5 nitrogen and oxygen atoms in total. The number of fused-ring (bicyclic) bond motifs is 1. The third kappa shape index (κ3) is 3.71. The molecule has 4 rings (SSSR count). The van der Waals surface area contributed by atoms with Gasteiger partial charge in [0.05, 0.1) is 23.2 Å². The lowest BCUT2D eigenvalue weighted by atomic mass is 9.91. The summed E-state index contributed by atoms with van der Waals surface area (Å²) in [4.78, 5) is 4.75. The van der Waals surface area contributed by atoms with Gasteiger partial charge in [-0.25, -0.2) is 13.4 Å². The zero-order valence-corrected chi connectivity index (χ0v) is 17.6. The smallest absolute Gasteiger partial charge is 0.232 e. The summed E-state index contributed by atoms with van der Waals surface area (Å²) >= 11 is 1.52. The number of aryl methyl sites for hydroxylation is 1. The van der Waals surface area contributed by atoms with Gasteiger partial charge in [-0.1, -0.05) is 12.5 Å². The molecule has 0 atom stereocenters. The van der Waals surface area contributed by atoms with E-state index in [2.05, 4.69) is 6.07 Å². The third-order valence-electron chi connectivity index (χ3n) is 5.49. The van der Waals surface area contributed by atoms with Gasteiger partial charge in [-0.05, 0) is 61.8 Å². The second kappa shape index (κ2) is 7.69. The van der Waals surface area contributed by atoms with Crippen molar-refractivity contribution in [3.05, 3.63) is 39.7 Å². The van der Waals surface area contributed by atoms with Crippen LogP contribution < -0.4 is 4.31 Å². The Bertz CT molecular complexity index is 1070. The van der Waals surface area contributed by atoms with Crippen molar-refractivity contribution in [2.24, 2.45) is 0 Å². The molecule has 2 heterocycles. The molecule has 1 aromatic heterocycles. The van der Waals surface area contributed by atoms with Crippen molar-refractivity contribution in [2.45, 2.75) is 44.9 Å². The standard InChI is InChI=1S/C21H23N3O2S2/c1-28(25,26)24-11-5-8-17-12-16(9-10-20(17)24)19-14-27-21(23-19)18(13-22)15-6-3-2-4-7-15/h9-10,12,14H,2-8,11H2,1H3. The van der Waals surface area contributed by atoms with Crippen molar-refractivity contribution in [3.63, 3.8) is 0 Å². The molecule has 0 unspecified atom stereocenters. The van der Waals surface area contributed by atoms with E-state index in [4.69, 9.17) is 4.98 Å². The van der Waals surface area contributed by atoms with Crippen LogP contribution in [-0.4, -0.2) is 26.2 Å². The number of hydrogen-bond donors (Lipinski definition) is 0. The fourth-order valence-electron chi connectivity index (χ4n) is 4.09. The quantitative estimate of drug-likeness (QED) is 0.680. The summed E-state index contributed by atoms with van der Waals surface area (Å²) < 4.78 is 25.6. The van der Waals surface area contributed by atoms with Gasteiger partial charge in [0.2, 0.25) is 10.0 Å². The second-order valence-electron chi connectivity index (χ2n) is 7.47. The van der Waals surface area contributed by atoms with E-state index in [1.54, 1.807) is 0 Å². The number of aromatic nitrogens is 1. The van der Waals surface area contributed by atoms with Crippen LogP contribution in [0.4, 0.5) is 5.69 Å². The lowest BCUT2D eigenvalue weighted by molar-refractivity contribution is 0.592. The average Bonchev–Trinajstić information content (AvgIpc) is 3.17. The summed E-state index contributed by atoms with van der Waals surface area (Å²) in [5.74, 6) is 0. The van der Waals surface area contributed by atoms with Crippen molar-refractivity contribution in [3.8, 4) is 17.3 Å². The number of hydrogen-bond acceptors (Lipinski definition) is 5. The van der Waals surface area contributed by atoms with Crippen LogP contribution in [0.1, 0.15) is 49.1 Å². The van der Waals surface area contributed by atoms with Gasteiger partial charge < -0.3 is 0 Å². The summed E-state index contributed by atoms with van der Waals surface area (Å²) in [5, 5.41) is 12.5. The van der Waals surface area contributed by atoms with Crippen LogP contribution in [0, 0.1) is 11.3 Å². The molecular weight excluding hydrogens is 390 g/mol. The summed E-state index contributed by atoms with van der Waals surface area (Å²) in [6, 6.07) is 8.24. The topological polar surface area (TPSA) is 74.1 Å². The van der Waals surface area contributed by atoms with Crippen LogP contribution >= 0.6 is 11.3 Å². The first-order valence-electron chi connectivity index (χ1n) is 9.66. The van der Waals surface area contributed by atoms with E-state index in [0.717, 1.165) is 71.6 Å². The maximum atomic E-state index is 12.0. The maximum Gasteiger partial charge on any atom is 0.232 e. The van der Waals surface area contributed by atoms with E-state index >= 15 is 0 Å². The van der Waals surface area contributed by atoms with Gasteiger partial charge in [0.25, 0.3) is 0 Å². The lowest BCUT2D eigenvalue weighted by Crippen LogP contribution is -2.34. The molecule has 0 spiro atoms. The van der Waals surface area contributed by atoms with Gasteiger partial charge in [-0.15, -0.1) is 11.3 Å². The molecular formula is C21H23N3O2S2. The SMILES string of the molecule is CS(=O)(=O)N1CCCc2cc(-c3csc(C(C#N)=C4CCCCC4)n3)ccc21. The van der Waals surface area contributed by atoms with Crippen molar-refractivity contribution in [2.75, 3.05) is 17.1 Å². The van der Waals surface area contributed by atoms with Crippen molar-refractivity contribution in [1.29, 1.82) is 5.26 Å². The molecule has 2 aromatic rings. The molecule has 2 aliphatic rings. The average molecular weight is 414 g/mol. The van der Waals surface area contributed by atoms with Gasteiger partial charge in [0, 0.05) is 17.5 Å². The zero-order chi connectivity index (χ0) is 19.7. The van der Waals surface area contributed by atoms with Crippen LogP contribution in [0.25, 0.3) is 16.8 Å². The monoisotopic (exact) mass is 413 g/mol. The van der Waals surface area contributed by atoms with Crippen molar-refractivity contribution < 1.29 is 8.42 Å². The Morgan fingerprint density at radius 3 is 2.68 bits per heavy atom. The van der Waals surface area contributed by atoms with Crippen LogP contribution in [0.3, 0.4) is 0 Å². The fraction of sp³-hybridized carbons (Fsp3) is 0.429. The summed E-state index contributed by atoms with van der Waals surface area (Å²) in [7, 11) is -3.26. The molecule has 0 saturated heterocycles. The number of thiazole rings is 1. The molecule has 0 N–H and O–H groups in total. The van der Waals surface area contributed by atoms with Gasteiger partial charge >= 0.3 is 0 Å². The number of nitriles is 1. The molecule has 1 fully saturated rings. The van der Waals surface area contributed by atoms with Gasteiger partial charge in [0.15, 0.2) is 0 Å². The highest BCUT2D eigenvalue weighted by atomic mass is 32.2. The second-order valence-corrected chi connectivity index (χ2v) is 10.2. The van der Waals surface area contributed by atoms with Gasteiger partial charge in [-0.2, -0.15) is 5.26 Å². The van der Waals surface area contributed by atoms with Gasteiger partial charge in [0.1, 0.15) is 11.1 Å². The summed E-state index contributed by atoms with van der Waals surface area (Å²) in [5.41, 5.74) is 5.62. The molecule has 1 aliphatic heterocycles. The van der Waals surface area contributed by atoms with Crippen LogP contribution in [0.15, 0.2) is 29.2 Å². The predicted octanol–water partition coefficient (Wildman–Crippen LogP) is 4.76. The number of sulfonamides is 1. The Hall–Kier alpha value is -2.17. The van der Waals surface area contributed by atoms with E-state index in [-0.39, 0.29) is 0 Å². The first-order chi connectivity index (χ1) is 13.5. The lowest BCUT2D eigenvalue weighted by Gasteiger charge is -2.29. The molecule has 0 radical (unpaired) electrons. The van der Waals surface area contributed by atoms with Crippen molar-refractivity contribution >= 4 is 32.6 Å². The van der Waals surface area contributed by atoms with E-state index in [9.17, 15) is 13.7 Å². The highest BCUT2D eigenvalue weighted by Gasteiger charge is 2.24.